The summed E-state index contributed by atoms with van der Waals surface area (Å²) in [5, 5.41) is 11.6. The minimum atomic E-state index is -1.27. The van der Waals surface area contributed by atoms with Crippen molar-refractivity contribution < 1.29 is 18.0 Å². The predicted octanol–water partition coefficient (Wildman–Crippen LogP) is 3.06. The number of hydrogen-bond acceptors (Lipinski definition) is 2. The number of benzene rings is 1. The van der Waals surface area contributed by atoms with Gasteiger partial charge in [-0.1, -0.05) is 19.3 Å². The lowest BCUT2D eigenvalue weighted by Gasteiger charge is -2.31. The van der Waals surface area contributed by atoms with Gasteiger partial charge in [0, 0.05) is 12.1 Å². The van der Waals surface area contributed by atoms with Crippen molar-refractivity contribution in [2.24, 2.45) is 0 Å². The van der Waals surface area contributed by atoms with E-state index in [2.05, 4.69) is 5.32 Å². The Bertz CT molecular complexity index is 551. The molecule has 0 heterocycles. The van der Waals surface area contributed by atoms with Crippen molar-refractivity contribution >= 4 is 5.91 Å². The number of nitriles is 1. The SMILES string of the molecule is N#CC1(NC(=O)c2c(F)cc(F)cc2F)CCCCC1. The highest BCUT2D eigenvalue weighted by Gasteiger charge is 2.35. The van der Waals surface area contributed by atoms with E-state index in [1.807, 2.05) is 6.07 Å². The number of nitrogens with zero attached hydrogens (tertiary/aromatic N) is 1. The van der Waals surface area contributed by atoms with Crippen LogP contribution < -0.4 is 5.32 Å². The van der Waals surface area contributed by atoms with Crippen LogP contribution in [0.1, 0.15) is 42.5 Å². The Morgan fingerprint density at radius 3 is 2.20 bits per heavy atom. The fourth-order valence-electron chi connectivity index (χ4n) is 2.46. The summed E-state index contributed by atoms with van der Waals surface area (Å²) in [5.41, 5.74) is -1.95. The van der Waals surface area contributed by atoms with E-state index in [4.69, 9.17) is 0 Å². The van der Waals surface area contributed by atoms with Gasteiger partial charge in [-0.2, -0.15) is 5.26 Å². The number of carbonyl (C=O) groups is 1. The monoisotopic (exact) mass is 282 g/mol. The lowest BCUT2D eigenvalue weighted by molar-refractivity contribution is 0.0894. The summed E-state index contributed by atoms with van der Waals surface area (Å²) < 4.78 is 39.8. The molecule has 1 aromatic carbocycles. The van der Waals surface area contributed by atoms with E-state index in [0.29, 0.717) is 25.0 Å². The third kappa shape index (κ3) is 2.77. The molecule has 0 aromatic heterocycles. The van der Waals surface area contributed by atoms with Crippen molar-refractivity contribution in [3.05, 3.63) is 35.1 Å². The van der Waals surface area contributed by atoms with E-state index < -0.39 is 34.5 Å². The lowest BCUT2D eigenvalue weighted by Crippen LogP contribution is -2.49. The molecule has 1 aliphatic rings. The molecule has 1 aliphatic carbocycles. The standard InChI is InChI=1S/C14H13F3N2O/c15-9-6-10(16)12(11(17)7-9)13(20)19-14(8-18)4-2-1-3-5-14/h6-7H,1-5H2,(H,19,20). The van der Waals surface area contributed by atoms with Crippen LogP contribution in [0.25, 0.3) is 0 Å². The number of rotatable bonds is 2. The fourth-order valence-corrected chi connectivity index (χ4v) is 2.46. The molecule has 0 aliphatic heterocycles. The molecular weight excluding hydrogens is 269 g/mol. The molecule has 1 fully saturated rings. The summed E-state index contributed by atoms with van der Waals surface area (Å²) in [6, 6.07) is 2.90. The molecule has 1 aromatic rings. The van der Waals surface area contributed by atoms with Gasteiger partial charge in [-0.25, -0.2) is 13.2 Å². The van der Waals surface area contributed by atoms with E-state index in [-0.39, 0.29) is 0 Å². The first-order valence-corrected chi connectivity index (χ1v) is 6.36. The van der Waals surface area contributed by atoms with E-state index >= 15 is 0 Å². The van der Waals surface area contributed by atoms with Crippen LogP contribution in [0.3, 0.4) is 0 Å². The van der Waals surface area contributed by atoms with E-state index in [0.717, 1.165) is 19.3 Å². The van der Waals surface area contributed by atoms with Gasteiger partial charge in [0.2, 0.25) is 0 Å². The average molecular weight is 282 g/mol. The summed E-state index contributed by atoms with van der Waals surface area (Å²) in [7, 11) is 0. The molecule has 1 amide bonds. The van der Waals surface area contributed by atoms with Crippen LogP contribution in [0.5, 0.6) is 0 Å². The zero-order chi connectivity index (χ0) is 14.8. The Kier molecular flexibility index (Phi) is 3.98. The second-order valence-electron chi connectivity index (χ2n) is 4.95. The third-order valence-corrected chi connectivity index (χ3v) is 3.51. The number of amides is 1. The van der Waals surface area contributed by atoms with Gasteiger partial charge in [-0.3, -0.25) is 4.79 Å². The Morgan fingerprint density at radius 1 is 1.15 bits per heavy atom. The van der Waals surface area contributed by atoms with Crippen LogP contribution in [-0.2, 0) is 0 Å². The molecule has 0 unspecified atom stereocenters. The van der Waals surface area contributed by atoms with Gasteiger partial charge < -0.3 is 5.32 Å². The smallest absolute Gasteiger partial charge is 0.258 e. The van der Waals surface area contributed by atoms with Crippen molar-refractivity contribution in [3.63, 3.8) is 0 Å². The zero-order valence-electron chi connectivity index (χ0n) is 10.7. The highest BCUT2D eigenvalue weighted by Crippen LogP contribution is 2.28. The Hall–Kier alpha value is -2.03. The number of halogens is 3. The minimum absolute atomic E-state index is 0.442. The van der Waals surface area contributed by atoms with Crippen LogP contribution in [0.2, 0.25) is 0 Å². The van der Waals surface area contributed by atoms with Gasteiger partial charge in [0.15, 0.2) is 0 Å². The van der Waals surface area contributed by atoms with Crippen molar-refractivity contribution in [1.29, 1.82) is 5.26 Å². The molecule has 3 nitrogen and oxygen atoms in total. The summed E-state index contributed by atoms with van der Waals surface area (Å²) in [6.07, 6.45) is 3.38. The topological polar surface area (TPSA) is 52.9 Å². The summed E-state index contributed by atoms with van der Waals surface area (Å²) in [6.45, 7) is 0. The maximum absolute atomic E-state index is 13.5. The molecule has 1 N–H and O–H groups in total. The number of carbonyl (C=O) groups excluding carboxylic acids is 1. The van der Waals surface area contributed by atoms with Crippen LogP contribution in [0, 0.1) is 28.8 Å². The normalized spacial score (nSPS) is 17.3. The van der Waals surface area contributed by atoms with Gasteiger partial charge in [-0.05, 0) is 12.8 Å². The van der Waals surface area contributed by atoms with Gasteiger partial charge in [0.1, 0.15) is 28.6 Å². The van der Waals surface area contributed by atoms with Gasteiger partial charge in [0.25, 0.3) is 5.91 Å². The molecule has 0 atom stereocenters. The number of hydrogen-bond donors (Lipinski definition) is 1. The molecule has 1 saturated carbocycles. The molecule has 2 rings (SSSR count). The number of nitrogens with one attached hydrogen (secondary N) is 1. The molecule has 0 radical (unpaired) electrons. The Balaban J connectivity index is 2.26. The van der Waals surface area contributed by atoms with Crippen molar-refractivity contribution in [2.45, 2.75) is 37.6 Å². The van der Waals surface area contributed by atoms with E-state index in [1.54, 1.807) is 0 Å². The average Bonchev–Trinajstić information content (AvgIpc) is 2.38. The Morgan fingerprint density at radius 2 is 1.70 bits per heavy atom. The van der Waals surface area contributed by atoms with Crippen LogP contribution in [0.15, 0.2) is 12.1 Å². The molecular formula is C14H13F3N2O. The second kappa shape index (κ2) is 5.53. The quantitative estimate of drug-likeness (QED) is 0.906. The van der Waals surface area contributed by atoms with Gasteiger partial charge >= 0.3 is 0 Å². The first-order chi connectivity index (χ1) is 9.47. The third-order valence-electron chi connectivity index (χ3n) is 3.51. The zero-order valence-corrected chi connectivity index (χ0v) is 10.7. The summed E-state index contributed by atoms with van der Waals surface area (Å²) >= 11 is 0. The molecule has 0 bridgehead atoms. The first kappa shape index (κ1) is 14.4. The minimum Gasteiger partial charge on any atom is -0.334 e. The maximum Gasteiger partial charge on any atom is 0.258 e. The summed E-state index contributed by atoms with van der Waals surface area (Å²) in [5.74, 6) is -4.67. The van der Waals surface area contributed by atoms with Crippen LogP contribution in [0.4, 0.5) is 13.2 Å². The highest BCUT2D eigenvalue weighted by atomic mass is 19.1. The molecule has 0 spiro atoms. The van der Waals surface area contributed by atoms with Crippen molar-refractivity contribution in [1.82, 2.24) is 5.32 Å². The van der Waals surface area contributed by atoms with Crippen LogP contribution in [-0.4, -0.2) is 11.4 Å². The highest BCUT2D eigenvalue weighted by molar-refractivity contribution is 5.95. The van der Waals surface area contributed by atoms with Crippen molar-refractivity contribution in [3.8, 4) is 6.07 Å². The molecule has 0 saturated heterocycles. The molecule has 106 valence electrons. The predicted molar refractivity (Wildman–Crippen MR) is 65.2 cm³/mol. The lowest BCUT2D eigenvalue weighted by atomic mass is 9.82. The van der Waals surface area contributed by atoms with Crippen LogP contribution >= 0.6 is 0 Å². The van der Waals surface area contributed by atoms with E-state index in [9.17, 15) is 23.2 Å². The summed E-state index contributed by atoms with van der Waals surface area (Å²) in [4.78, 5) is 12.0. The van der Waals surface area contributed by atoms with Gasteiger partial charge in [-0.15, -0.1) is 0 Å². The fraction of sp³-hybridized carbons (Fsp3) is 0.429. The molecule has 6 heteroatoms. The Labute approximate surface area is 114 Å². The molecule has 20 heavy (non-hydrogen) atoms. The van der Waals surface area contributed by atoms with E-state index in [1.165, 1.54) is 0 Å². The first-order valence-electron chi connectivity index (χ1n) is 6.36. The van der Waals surface area contributed by atoms with Gasteiger partial charge in [0.05, 0.1) is 6.07 Å². The van der Waals surface area contributed by atoms with Crippen molar-refractivity contribution in [2.75, 3.05) is 0 Å². The maximum atomic E-state index is 13.5. The second-order valence-corrected chi connectivity index (χ2v) is 4.95. The largest absolute Gasteiger partial charge is 0.334 e.